The van der Waals surface area contributed by atoms with Gasteiger partial charge in [0.05, 0.1) is 25.0 Å². The Bertz CT molecular complexity index is 3110. The average Bonchev–Trinajstić information content (AvgIpc) is 2.38. The van der Waals surface area contributed by atoms with E-state index in [-0.39, 0.29) is 99.1 Å². The highest BCUT2D eigenvalue weighted by Crippen LogP contribution is 2.29. The monoisotopic (exact) mass is 1230 g/mol. The lowest BCUT2D eigenvalue weighted by Crippen LogP contribution is -2.54. The summed E-state index contributed by atoms with van der Waals surface area (Å²) in [6.45, 7) is 11.4. The third-order valence-electron chi connectivity index (χ3n) is 16.6. The summed E-state index contributed by atoms with van der Waals surface area (Å²) in [4.78, 5) is 157. The first-order valence-corrected chi connectivity index (χ1v) is 31.2. The van der Waals surface area contributed by atoms with Crippen molar-refractivity contribution in [2.75, 3.05) is 26.2 Å². The topological polar surface area (TPSA) is 383 Å². The van der Waals surface area contributed by atoms with Gasteiger partial charge in [0.2, 0.25) is 35.4 Å². The summed E-state index contributed by atoms with van der Waals surface area (Å²) in [7, 11) is 0. The van der Waals surface area contributed by atoms with E-state index in [4.69, 9.17) is 11.5 Å². The second-order valence-corrected chi connectivity index (χ2v) is 25.5. The van der Waals surface area contributed by atoms with E-state index in [1.165, 1.54) is 29.6 Å². The van der Waals surface area contributed by atoms with E-state index in [0.29, 0.717) is 62.0 Å². The number of fused-ring (bicyclic) bond motifs is 1. The Morgan fingerprint density at radius 2 is 1.40 bits per heavy atom. The van der Waals surface area contributed by atoms with Crippen molar-refractivity contribution in [3.63, 3.8) is 0 Å². The van der Waals surface area contributed by atoms with Gasteiger partial charge < -0.3 is 63.1 Å². The van der Waals surface area contributed by atoms with Gasteiger partial charge in [0.25, 0.3) is 0 Å². The summed E-state index contributed by atoms with van der Waals surface area (Å²) in [5, 5.41) is 36.0. The molecule has 1 saturated carbocycles. The lowest BCUT2D eigenvalue weighted by Gasteiger charge is -2.30. The number of para-hydroxylation sites is 1. The third kappa shape index (κ3) is 21.5. The van der Waals surface area contributed by atoms with Gasteiger partial charge in [-0.3, -0.25) is 52.9 Å². The average molecular weight is 1230 g/mol. The van der Waals surface area contributed by atoms with E-state index in [0.717, 1.165) is 10.9 Å². The first-order valence-electron chi connectivity index (χ1n) is 31.2. The SMILES string of the molecule is CCNC(=O)C1CCCN1C(=O)C(CCCN=C(N)N)NC(=O)C(CC(=O)C(CCC(C)(C)C)NC(=O)C(CC(=O)C(CO)NC(=O)C(CC(=O)C(Cc1cnc[nH]1)NC(=O)C1CCC(=O)C1)Cc1c[nH]c2ccccc12)Cc1ccc(O)cc1)CC(C)C. The number of amides is 6. The highest BCUT2D eigenvalue weighted by molar-refractivity contribution is 5.99. The smallest absolute Gasteiger partial charge is 0.245 e. The molecule has 484 valence electrons. The molecular weight excluding hydrogens is 1140 g/mol. The number of phenols is 1. The van der Waals surface area contributed by atoms with Crippen molar-refractivity contribution in [2.45, 2.75) is 174 Å². The van der Waals surface area contributed by atoms with Gasteiger partial charge in [0.1, 0.15) is 29.7 Å². The summed E-state index contributed by atoms with van der Waals surface area (Å²) >= 11 is 0. The molecule has 0 radical (unpaired) electrons. The lowest BCUT2D eigenvalue weighted by atomic mass is 9.84. The fraction of sp³-hybridized carbons (Fsp3) is 0.569. The Labute approximate surface area is 520 Å². The molecule has 6 amide bonds. The van der Waals surface area contributed by atoms with E-state index in [9.17, 15) is 58.2 Å². The first kappa shape index (κ1) is 69.8. The second kappa shape index (κ2) is 33.3. The fourth-order valence-corrected chi connectivity index (χ4v) is 11.7. The highest BCUT2D eigenvalue weighted by Gasteiger charge is 2.40. The summed E-state index contributed by atoms with van der Waals surface area (Å²) < 4.78 is 0. The number of nitrogens with zero attached hydrogens (tertiary/aromatic N) is 3. The normalized spacial score (nSPS) is 17.4. The maximum Gasteiger partial charge on any atom is 0.245 e. The number of aromatic nitrogens is 3. The fourth-order valence-electron chi connectivity index (χ4n) is 11.7. The molecule has 0 bridgehead atoms. The summed E-state index contributed by atoms with van der Waals surface area (Å²) in [6.07, 6.45) is 6.16. The van der Waals surface area contributed by atoms with Crippen molar-refractivity contribution in [1.82, 2.24) is 46.4 Å². The highest BCUT2D eigenvalue weighted by atomic mass is 16.3. The zero-order valence-electron chi connectivity index (χ0n) is 52.2. The Balaban J connectivity index is 1.24. The van der Waals surface area contributed by atoms with Gasteiger partial charge in [0, 0.05) is 111 Å². The Hall–Kier alpha value is -8.28. The molecule has 24 heteroatoms. The van der Waals surface area contributed by atoms with Gasteiger partial charge >= 0.3 is 0 Å². The summed E-state index contributed by atoms with van der Waals surface area (Å²) in [5.41, 5.74) is 13.3. The number of aliphatic hydroxyl groups excluding tert-OH is 1. The number of hydrogen-bond acceptors (Lipinski definition) is 14. The first-order chi connectivity index (χ1) is 42.3. The van der Waals surface area contributed by atoms with Crippen LogP contribution in [0.3, 0.4) is 0 Å². The van der Waals surface area contributed by atoms with E-state index < -0.39 is 120 Å². The molecule has 6 rings (SSSR count). The number of ketones is 4. The van der Waals surface area contributed by atoms with Crippen LogP contribution < -0.4 is 38.1 Å². The number of likely N-dealkylation sites (tertiary alicyclic amines) is 1. The molecule has 3 heterocycles. The van der Waals surface area contributed by atoms with E-state index in [2.05, 4.69) is 46.5 Å². The van der Waals surface area contributed by atoms with Crippen molar-refractivity contribution in [2.24, 2.45) is 51.5 Å². The summed E-state index contributed by atoms with van der Waals surface area (Å²) in [6, 6.07) is 7.65. The molecule has 9 atom stereocenters. The molecule has 2 aliphatic rings. The molecule has 13 N–H and O–H groups in total. The molecular formula is C65H92N12O12. The molecule has 0 spiro atoms. The van der Waals surface area contributed by atoms with Crippen LogP contribution in [0.2, 0.25) is 0 Å². The molecule has 2 aromatic heterocycles. The van der Waals surface area contributed by atoms with Crippen molar-refractivity contribution in [3.8, 4) is 5.75 Å². The van der Waals surface area contributed by atoms with Crippen LogP contribution in [0.5, 0.6) is 5.75 Å². The minimum absolute atomic E-state index is 0.000534. The minimum Gasteiger partial charge on any atom is -0.508 e. The predicted octanol–water partition coefficient (Wildman–Crippen LogP) is 3.70. The van der Waals surface area contributed by atoms with Crippen LogP contribution in [0.25, 0.3) is 10.9 Å². The largest absolute Gasteiger partial charge is 0.508 e. The number of rotatable bonds is 35. The Kier molecular flexibility index (Phi) is 26.2. The van der Waals surface area contributed by atoms with Crippen molar-refractivity contribution in [1.29, 1.82) is 0 Å². The number of carbonyl (C=O) groups is 10. The number of guanidine groups is 1. The van der Waals surface area contributed by atoms with Crippen LogP contribution in [0.4, 0.5) is 0 Å². The number of benzene rings is 2. The quantitative estimate of drug-likeness (QED) is 0.0178. The molecule has 1 saturated heterocycles. The number of phenolic OH excluding ortho intramolecular Hbond substituents is 1. The number of nitrogens with two attached hydrogens (primary N) is 2. The number of likely N-dealkylation sites (N-methyl/N-ethyl adjacent to an activating group) is 1. The van der Waals surface area contributed by atoms with Gasteiger partial charge in [-0.1, -0.05) is 65.0 Å². The lowest BCUT2D eigenvalue weighted by molar-refractivity contribution is -0.142. The molecule has 2 aromatic carbocycles. The Morgan fingerprint density at radius 1 is 0.764 bits per heavy atom. The molecule has 1 aliphatic carbocycles. The number of imidazole rings is 1. The molecule has 24 nitrogen and oxygen atoms in total. The third-order valence-corrected chi connectivity index (χ3v) is 16.6. The van der Waals surface area contributed by atoms with E-state index >= 15 is 0 Å². The molecule has 2 fully saturated rings. The zero-order valence-corrected chi connectivity index (χ0v) is 52.2. The number of aromatic hydroxyl groups is 1. The van der Waals surface area contributed by atoms with Gasteiger partial charge in [-0.2, -0.15) is 0 Å². The number of carbonyl (C=O) groups excluding carboxylic acids is 10. The minimum atomic E-state index is -1.58. The van der Waals surface area contributed by atoms with Gasteiger partial charge in [-0.25, -0.2) is 4.98 Å². The zero-order chi connectivity index (χ0) is 65.0. The molecule has 9 unspecified atom stereocenters. The van der Waals surface area contributed by atoms with Gasteiger partial charge in [-0.05, 0) is 112 Å². The van der Waals surface area contributed by atoms with Crippen LogP contribution in [0, 0.1) is 35.0 Å². The number of H-pyrrole nitrogens is 2. The van der Waals surface area contributed by atoms with Gasteiger partial charge in [0.15, 0.2) is 23.3 Å². The van der Waals surface area contributed by atoms with Crippen LogP contribution in [0.15, 0.2) is 72.2 Å². The van der Waals surface area contributed by atoms with Crippen LogP contribution in [-0.4, -0.2) is 151 Å². The van der Waals surface area contributed by atoms with Crippen LogP contribution in [-0.2, 0) is 67.2 Å². The second-order valence-electron chi connectivity index (χ2n) is 25.5. The number of nitrogens with one attached hydrogen (secondary N) is 7. The number of aliphatic imine (C=N–C) groups is 1. The van der Waals surface area contributed by atoms with Crippen LogP contribution in [0.1, 0.15) is 142 Å². The number of hydrogen-bond donors (Lipinski definition) is 11. The van der Waals surface area contributed by atoms with Crippen molar-refractivity contribution >= 4 is 75.4 Å². The summed E-state index contributed by atoms with van der Waals surface area (Å²) in [5.74, 6) is -9.30. The van der Waals surface area contributed by atoms with Crippen molar-refractivity contribution < 1.29 is 58.2 Å². The van der Waals surface area contributed by atoms with E-state index in [1.807, 2.05) is 58.9 Å². The predicted molar refractivity (Wildman–Crippen MR) is 334 cm³/mol. The molecule has 4 aromatic rings. The van der Waals surface area contributed by atoms with E-state index in [1.54, 1.807) is 25.3 Å². The molecule has 89 heavy (non-hydrogen) atoms. The Morgan fingerprint density at radius 3 is 2.03 bits per heavy atom. The van der Waals surface area contributed by atoms with Crippen molar-refractivity contribution in [3.05, 3.63) is 84.1 Å². The number of aliphatic hydroxyl groups is 1. The maximum absolute atomic E-state index is 14.9. The molecule has 1 aliphatic heterocycles. The number of aromatic amines is 2. The standard InChI is InChI=1S/C65H92N12O12/c1-7-69-62(88)54-15-11-25-77(54)63(89)51(14-10-24-70-64(66)67)74-59(85)41(26-38(2)3)30-55(81)50(22-23-65(4,5)6)73-60(86)42(27-39-16-19-46(79)20-17-39)31-57(83)53(36-78)76-61(87)43(28-44-34-71-49-13-9-8-12-48(44)49)32-56(82)52(33-45-35-68-37-72-45)75-58(84)40-18-21-47(80)29-40/h8-9,12-13,16-17,19-20,34-35,37-38,40-43,50-54,71,78-79H,7,10-11,14-15,18,21-33,36H2,1-6H3,(H,68,72)(H,69,88)(H,73,86)(H,74,85)(H,75,84)(H,76,87)(H4,66,67,70). The number of Topliss-reactive ketones (excluding diaryl/α,β-unsaturated/α-hetero) is 4. The van der Waals surface area contributed by atoms with Crippen LogP contribution >= 0.6 is 0 Å². The van der Waals surface area contributed by atoms with Gasteiger partial charge in [-0.15, -0.1) is 0 Å². The maximum atomic E-state index is 14.9.